The fourth-order valence-electron chi connectivity index (χ4n) is 12.7. The van der Waals surface area contributed by atoms with Gasteiger partial charge in [0, 0.05) is 153 Å². The highest BCUT2D eigenvalue weighted by Gasteiger charge is 2.23. The van der Waals surface area contributed by atoms with Gasteiger partial charge in [-0.05, 0) is 60.5 Å². The maximum atomic E-state index is 14.5. The van der Waals surface area contributed by atoms with Crippen molar-refractivity contribution in [1.82, 2.24) is 105 Å². The number of aromatic amines is 6. The molecule has 0 saturated heterocycles. The lowest BCUT2D eigenvalue weighted by molar-refractivity contribution is -0.119. The van der Waals surface area contributed by atoms with E-state index in [-0.39, 0.29) is 46.9 Å². The molecule has 2 amide bonds. The van der Waals surface area contributed by atoms with E-state index in [4.69, 9.17) is 15.0 Å². The lowest BCUT2D eigenvalue weighted by Gasteiger charge is -2.09. The van der Waals surface area contributed by atoms with Crippen molar-refractivity contribution in [2.24, 2.45) is 11.8 Å². The van der Waals surface area contributed by atoms with Crippen molar-refractivity contribution in [2.45, 2.75) is 53.9 Å². The van der Waals surface area contributed by atoms with E-state index in [9.17, 15) is 27.6 Å². The Morgan fingerprint density at radius 2 is 0.784 bits per heavy atom. The maximum Gasteiger partial charge on any atom is 0.226 e. The topological polar surface area (TPSA) is 363 Å². The standard InChI is InChI=1S/C28H23FN8O.C27H21FN8O.C27H20FN7O/c1-15(2)7-24(38)33-18-8-16(10-30-12-18)17-9-20-26(36-37-27(20)32-11-17)28-34-23-14-31-13-21(25(23)35-28)19-5-3-4-6-22(19)29;1-14(2)27(37)32-17-7-15(9-29-11-17)16-8-19-24(35-36-25(19)31-10-16)26-33-22-13-30-12-20(23(22)34-26)18-5-3-4-6-21(18)28;1-2-18(36)10-17-8-7-15(11-30-17)16-9-20-25(34-35-26(20)31-12-16)27-32-23-14-29-13-21(24(23)33-27)19-5-3-4-6-22(19)28/h3-6,8-15H,7H2,1-2H3,(H,33,38)(H,34,35)(H,32,36,37);3-14H,1-2H3,(H,32,37)(H,33,34)(H,31,35,36);3-9,11-14H,2,10H2,1H3,(H,32,33)(H,31,34,35). The van der Waals surface area contributed by atoms with Gasteiger partial charge in [0.25, 0.3) is 0 Å². The summed E-state index contributed by atoms with van der Waals surface area (Å²) in [6, 6.07) is 33.0. The molecule has 18 rings (SSSR count). The van der Waals surface area contributed by atoms with E-state index in [0.29, 0.717) is 149 Å². The third-order valence-corrected chi connectivity index (χ3v) is 18.4. The zero-order valence-electron chi connectivity index (χ0n) is 59.9. The van der Waals surface area contributed by atoms with E-state index >= 15 is 0 Å². The predicted octanol–water partition coefficient (Wildman–Crippen LogP) is 16.4. The molecule has 15 aromatic heterocycles. The van der Waals surface area contributed by atoms with Crippen LogP contribution < -0.4 is 10.6 Å². The van der Waals surface area contributed by atoms with Gasteiger partial charge in [-0.2, -0.15) is 15.3 Å². The predicted molar refractivity (Wildman–Crippen MR) is 417 cm³/mol. The number of hydrogen-bond acceptors (Lipinski definition) is 18. The molecule has 15 heterocycles. The molecular weight excluding hydrogens is 1410 g/mol. The fourth-order valence-corrected chi connectivity index (χ4v) is 12.7. The third kappa shape index (κ3) is 14.6. The van der Waals surface area contributed by atoms with E-state index in [1.54, 1.807) is 141 Å². The zero-order chi connectivity index (χ0) is 76.4. The number of hydrogen-bond donors (Lipinski definition) is 8. The third-order valence-electron chi connectivity index (χ3n) is 18.4. The molecule has 111 heavy (non-hydrogen) atoms. The number of amides is 2. The largest absolute Gasteiger partial charge is 0.335 e. The number of fused-ring (bicyclic) bond motifs is 6. The first-order valence-electron chi connectivity index (χ1n) is 35.3. The summed E-state index contributed by atoms with van der Waals surface area (Å²) in [5.74, 6) is 0.698. The molecule has 0 aliphatic rings. The van der Waals surface area contributed by atoms with Crippen LogP contribution in [0.4, 0.5) is 24.5 Å². The van der Waals surface area contributed by atoms with Crippen LogP contribution in [0.3, 0.4) is 0 Å². The Hall–Kier alpha value is -14.8. The Labute approximate surface area is 627 Å². The summed E-state index contributed by atoms with van der Waals surface area (Å²) in [6.45, 7) is 9.50. The normalized spacial score (nSPS) is 11.4. The first-order chi connectivity index (χ1) is 54.0. The van der Waals surface area contributed by atoms with Crippen molar-refractivity contribution in [3.8, 4) is 101 Å². The molecule has 546 valence electrons. The van der Waals surface area contributed by atoms with Crippen molar-refractivity contribution in [3.63, 3.8) is 0 Å². The summed E-state index contributed by atoms with van der Waals surface area (Å²) in [5, 5.41) is 30.1. The Kier molecular flexibility index (Phi) is 19.2. The number of ketones is 1. The highest BCUT2D eigenvalue weighted by molar-refractivity contribution is 6.01. The number of carbonyl (C=O) groups is 3. The number of nitrogens with one attached hydrogen (secondary N) is 8. The Balaban J connectivity index is 0.000000126. The first-order valence-corrected chi connectivity index (χ1v) is 35.3. The van der Waals surface area contributed by atoms with Gasteiger partial charge >= 0.3 is 0 Å². The number of rotatable bonds is 17. The Morgan fingerprint density at radius 3 is 1.16 bits per heavy atom. The second kappa shape index (κ2) is 30.2. The van der Waals surface area contributed by atoms with E-state index in [2.05, 4.69) is 101 Å². The number of anilines is 2. The van der Waals surface area contributed by atoms with Crippen molar-refractivity contribution >= 4 is 95.2 Å². The van der Waals surface area contributed by atoms with Crippen molar-refractivity contribution in [1.29, 1.82) is 0 Å². The lowest BCUT2D eigenvalue weighted by atomic mass is 10.1. The molecule has 0 fully saturated rings. The number of Topliss-reactive ketones (excluding diaryl/α,β-unsaturated/α-hetero) is 1. The van der Waals surface area contributed by atoms with Gasteiger partial charge in [0.15, 0.2) is 34.4 Å². The quantitative estimate of drug-likeness (QED) is 0.0420. The minimum atomic E-state index is -0.345. The number of imidazole rings is 3. The highest BCUT2D eigenvalue weighted by Crippen LogP contribution is 2.38. The van der Waals surface area contributed by atoms with Gasteiger partial charge in [0.1, 0.15) is 56.9 Å². The zero-order valence-corrected chi connectivity index (χ0v) is 59.9. The highest BCUT2D eigenvalue weighted by atomic mass is 19.1. The van der Waals surface area contributed by atoms with Crippen LogP contribution in [0.5, 0.6) is 0 Å². The maximum absolute atomic E-state index is 14.5. The second-order valence-electron chi connectivity index (χ2n) is 26.8. The molecule has 8 N–H and O–H groups in total. The molecule has 0 saturated carbocycles. The van der Waals surface area contributed by atoms with Crippen LogP contribution in [0.1, 0.15) is 53.2 Å². The molecule has 3 aromatic carbocycles. The van der Waals surface area contributed by atoms with Crippen LogP contribution in [-0.2, 0) is 20.8 Å². The van der Waals surface area contributed by atoms with Crippen LogP contribution in [0.2, 0.25) is 0 Å². The molecule has 18 aromatic rings. The minimum Gasteiger partial charge on any atom is -0.335 e. The molecule has 0 spiro atoms. The number of nitrogens with zero attached hydrogens (tertiary/aromatic N) is 15. The molecule has 29 heteroatoms. The van der Waals surface area contributed by atoms with Gasteiger partial charge in [0.05, 0.1) is 75.1 Å². The van der Waals surface area contributed by atoms with Crippen molar-refractivity contribution < 1.29 is 27.6 Å². The number of benzene rings is 3. The van der Waals surface area contributed by atoms with E-state index in [0.717, 1.165) is 55.2 Å². The van der Waals surface area contributed by atoms with Crippen LogP contribution in [0.15, 0.2) is 202 Å². The summed E-state index contributed by atoms with van der Waals surface area (Å²) in [4.78, 5) is 99.5. The van der Waals surface area contributed by atoms with Crippen LogP contribution in [0.25, 0.3) is 168 Å². The summed E-state index contributed by atoms with van der Waals surface area (Å²) in [5.41, 5.74) is 17.3. The Morgan fingerprint density at radius 1 is 0.405 bits per heavy atom. The average molecular weight is 1480 g/mol. The molecular formula is C82H64F3N23O3. The number of halogens is 3. The van der Waals surface area contributed by atoms with Gasteiger partial charge in [-0.3, -0.25) is 59.6 Å². The summed E-state index contributed by atoms with van der Waals surface area (Å²) in [6.07, 6.45) is 24.6. The number of pyridine rings is 9. The molecule has 0 bridgehead atoms. The molecule has 0 atom stereocenters. The number of carbonyl (C=O) groups excluding carboxylic acids is 3. The second-order valence-corrected chi connectivity index (χ2v) is 26.8. The van der Waals surface area contributed by atoms with Gasteiger partial charge < -0.3 is 25.6 Å². The average Bonchev–Trinajstić information content (AvgIpc) is 1.63. The van der Waals surface area contributed by atoms with E-state index < -0.39 is 0 Å². The van der Waals surface area contributed by atoms with Gasteiger partial charge in [-0.15, -0.1) is 0 Å². The smallest absolute Gasteiger partial charge is 0.226 e. The number of H-pyrrole nitrogens is 6. The SMILES string of the molecule is CC(C)C(=O)Nc1cncc(-c2cnc3n[nH]c(-c4nc5c(-c6ccccc6F)cncc5[nH]4)c3c2)c1.CC(C)CC(=O)Nc1cncc(-c2cnc3n[nH]c(-c4nc5c(-c6ccccc6F)cncc5[nH]4)c3c2)c1.CCC(=O)Cc1ccc(-c2cnc3n[nH]c(-c4nc5c(-c6ccccc6F)cncc5[nH]4)c3c2)cn1. The van der Waals surface area contributed by atoms with E-state index in [1.165, 1.54) is 18.2 Å². The summed E-state index contributed by atoms with van der Waals surface area (Å²) < 4.78 is 43.5. The van der Waals surface area contributed by atoms with Crippen LogP contribution in [-0.4, -0.2) is 123 Å². The van der Waals surface area contributed by atoms with Gasteiger partial charge in [-0.1, -0.05) is 95.3 Å². The van der Waals surface area contributed by atoms with Gasteiger partial charge in [0.2, 0.25) is 11.8 Å². The minimum absolute atomic E-state index is 0.0567. The fraction of sp³-hybridized carbons (Fsp3) is 0.122. The van der Waals surface area contributed by atoms with Crippen molar-refractivity contribution in [3.05, 3.63) is 225 Å². The van der Waals surface area contributed by atoms with Gasteiger partial charge in [-0.25, -0.2) is 43.1 Å². The lowest BCUT2D eigenvalue weighted by Crippen LogP contribution is -2.17. The first kappa shape index (κ1) is 70.5. The number of aromatic nitrogens is 21. The molecule has 0 unspecified atom stereocenters. The van der Waals surface area contributed by atoms with Crippen LogP contribution >= 0.6 is 0 Å². The van der Waals surface area contributed by atoms with E-state index in [1.807, 2.05) is 77.1 Å². The molecule has 0 aliphatic heterocycles. The molecule has 0 aliphatic carbocycles. The van der Waals surface area contributed by atoms with Crippen LogP contribution in [0, 0.1) is 29.3 Å². The molecule has 26 nitrogen and oxygen atoms in total. The Bertz CT molecular complexity index is 6580. The monoisotopic (exact) mass is 1480 g/mol. The van der Waals surface area contributed by atoms with Crippen molar-refractivity contribution in [2.75, 3.05) is 10.6 Å². The summed E-state index contributed by atoms with van der Waals surface area (Å²) in [7, 11) is 0. The molecule has 0 radical (unpaired) electrons. The summed E-state index contributed by atoms with van der Waals surface area (Å²) >= 11 is 0.